The quantitative estimate of drug-likeness (QED) is 0.793. The average molecular weight is 241 g/mol. The van der Waals surface area contributed by atoms with Crippen molar-refractivity contribution in [3.63, 3.8) is 0 Å². The molecule has 1 aliphatic carbocycles. The van der Waals surface area contributed by atoms with E-state index in [-0.39, 0.29) is 0 Å². The van der Waals surface area contributed by atoms with Crippen LogP contribution in [0.5, 0.6) is 0 Å². The van der Waals surface area contributed by atoms with Gasteiger partial charge in [-0.2, -0.15) is 0 Å². The number of hydrogen-bond acceptors (Lipinski definition) is 3. The van der Waals surface area contributed by atoms with Gasteiger partial charge in [0.1, 0.15) is 0 Å². The topological polar surface area (TPSA) is 41.5 Å². The van der Waals surface area contributed by atoms with E-state index >= 15 is 0 Å². The number of aliphatic hydroxyl groups is 1. The highest BCUT2D eigenvalue weighted by Gasteiger charge is 2.30. The summed E-state index contributed by atoms with van der Waals surface area (Å²) in [5.41, 5.74) is -0.432. The lowest BCUT2D eigenvalue weighted by Crippen LogP contribution is -2.48. The molecule has 0 spiro atoms. The molecule has 3 heteroatoms. The summed E-state index contributed by atoms with van der Waals surface area (Å²) in [5, 5.41) is 14.0. The fraction of sp³-hybridized carbons (Fsp3) is 1.00. The SMILES string of the molecule is CCC1CC(NCC2(O)CCCCC2)CCO1. The maximum absolute atomic E-state index is 10.4. The molecular formula is C14H27NO2. The van der Waals surface area contributed by atoms with Crippen LogP contribution in [0, 0.1) is 0 Å². The summed E-state index contributed by atoms with van der Waals surface area (Å²) >= 11 is 0. The van der Waals surface area contributed by atoms with Crippen LogP contribution in [0.15, 0.2) is 0 Å². The minimum atomic E-state index is -0.432. The molecule has 100 valence electrons. The summed E-state index contributed by atoms with van der Waals surface area (Å²) in [4.78, 5) is 0. The maximum atomic E-state index is 10.4. The van der Waals surface area contributed by atoms with Gasteiger partial charge in [0.15, 0.2) is 0 Å². The second kappa shape index (κ2) is 6.17. The molecule has 0 aromatic rings. The van der Waals surface area contributed by atoms with Gasteiger partial charge in [0.2, 0.25) is 0 Å². The molecule has 17 heavy (non-hydrogen) atoms. The van der Waals surface area contributed by atoms with E-state index in [1.807, 2.05) is 0 Å². The third-order valence-corrected chi connectivity index (χ3v) is 4.33. The summed E-state index contributed by atoms with van der Waals surface area (Å²) < 4.78 is 5.67. The van der Waals surface area contributed by atoms with Crippen LogP contribution < -0.4 is 5.32 Å². The van der Waals surface area contributed by atoms with Crippen molar-refractivity contribution < 1.29 is 9.84 Å². The molecule has 0 aromatic heterocycles. The largest absolute Gasteiger partial charge is 0.389 e. The van der Waals surface area contributed by atoms with Crippen LogP contribution >= 0.6 is 0 Å². The Labute approximate surface area is 105 Å². The number of rotatable bonds is 4. The van der Waals surface area contributed by atoms with Gasteiger partial charge in [0.25, 0.3) is 0 Å². The Hall–Kier alpha value is -0.120. The molecule has 1 heterocycles. The van der Waals surface area contributed by atoms with Crippen molar-refractivity contribution in [2.75, 3.05) is 13.2 Å². The third kappa shape index (κ3) is 3.94. The van der Waals surface area contributed by atoms with Gasteiger partial charge in [-0.25, -0.2) is 0 Å². The Bertz CT molecular complexity index is 226. The van der Waals surface area contributed by atoms with E-state index in [0.717, 1.165) is 45.3 Å². The normalized spacial score (nSPS) is 33.5. The van der Waals surface area contributed by atoms with Crippen molar-refractivity contribution in [2.45, 2.75) is 76.0 Å². The molecule has 2 N–H and O–H groups in total. The van der Waals surface area contributed by atoms with Gasteiger partial charge in [-0.3, -0.25) is 0 Å². The molecule has 0 amide bonds. The van der Waals surface area contributed by atoms with E-state index in [9.17, 15) is 5.11 Å². The monoisotopic (exact) mass is 241 g/mol. The highest BCUT2D eigenvalue weighted by molar-refractivity contribution is 4.87. The summed E-state index contributed by atoms with van der Waals surface area (Å²) in [6.45, 7) is 3.82. The summed E-state index contributed by atoms with van der Waals surface area (Å²) in [5.74, 6) is 0. The van der Waals surface area contributed by atoms with E-state index in [2.05, 4.69) is 12.2 Å². The van der Waals surface area contributed by atoms with Crippen molar-refractivity contribution >= 4 is 0 Å². The van der Waals surface area contributed by atoms with E-state index in [4.69, 9.17) is 4.74 Å². The number of hydrogen-bond donors (Lipinski definition) is 2. The molecule has 2 fully saturated rings. The lowest BCUT2D eigenvalue weighted by Gasteiger charge is -2.36. The summed E-state index contributed by atoms with van der Waals surface area (Å²) in [7, 11) is 0. The lowest BCUT2D eigenvalue weighted by molar-refractivity contribution is -0.0201. The predicted molar refractivity (Wildman–Crippen MR) is 69.1 cm³/mol. The fourth-order valence-electron chi connectivity index (χ4n) is 3.07. The molecule has 0 aromatic carbocycles. The Morgan fingerprint density at radius 1 is 1.29 bits per heavy atom. The Balaban J connectivity index is 1.73. The van der Waals surface area contributed by atoms with Crippen LogP contribution in [0.2, 0.25) is 0 Å². The fourth-order valence-corrected chi connectivity index (χ4v) is 3.07. The standard InChI is InChI=1S/C14H27NO2/c1-2-13-10-12(6-9-17-13)15-11-14(16)7-4-3-5-8-14/h12-13,15-16H,2-11H2,1H3. The van der Waals surface area contributed by atoms with Gasteiger partial charge < -0.3 is 15.2 Å². The summed E-state index contributed by atoms with van der Waals surface area (Å²) in [6, 6.07) is 0.541. The zero-order valence-electron chi connectivity index (χ0n) is 11.1. The first kappa shape index (κ1) is 13.3. The minimum absolute atomic E-state index is 0.419. The van der Waals surface area contributed by atoms with Gasteiger partial charge >= 0.3 is 0 Å². The van der Waals surface area contributed by atoms with Gasteiger partial charge in [0, 0.05) is 19.2 Å². The van der Waals surface area contributed by atoms with Crippen molar-refractivity contribution in [1.29, 1.82) is 0 Å². The van der Waals surface area contributed by atoms with Crippen LogP contribution in [0.4, 0.5) is 0 Å². The van der Waals surface area contributed by atoms with E-state index in [1.165, 1.54) is 19.3 Å². The zero-order valence-corrected chi connectivity index (χ0v) is 11.1. The van der Waals surface area contributed by atoms with E-state index < -0.39 is 5.60 Å². The first-order valence-electron chi connectivity index (χ1n) is 7.29. The first-order valence-corrected chi connectivity index (χ1v) is 7.29. The highest BCUT2D eigenvalue weighted by atomic mass is 16.5. The van der Waals surface area contributed by atoms with Crippen LogP contribution in [-0.4, -0.2) is 36.0 Å². The zero-order chi connectivity index (χ0) is 12.1. The number of nitrogens with one attached hydrogen (secondary N) is 1. The van der Waals surface area contributed by atoms with Crippen molar-refractivity contribution in [2.24, 2.45) is 0 Å². The van der Waals surface area contributed by atoms with Crippen molar-refractivity contribution in [1.82, 2.24) is 5.32 Å². The second-order valence-electron chi connectivity index (χ2n) is 5.79. The smallest absolute Gasteiger partial charge is 0.0771 e. The van der Waals surface area contributed by atoms with Crippen LogP contribution in [0.25, 0.3) is 0 Å². The second-order valence-corrected chi connectivity index (χ2v) is 5.79. The molecule has 1 saturated carbocycles. The summed E-state index contributed by atoms with van der Waals surface area (Å²) in [6.07, 6.45) is 9.31. The van der Waals surface area contributed by atoms with E-state index in [0.29, 0.717) is 12.1 Å². The Morgan fingerprint density at radius 2 is 2.06 bits per heavy atom. The Morgan fingerprint density at radius 3 is 2.76 bits per heavy atom. The molecule has 3 nitrogen and oxygen atoms in total. The van der Waals surface area contributed by atoms with Crippen molar-refractivity contribution in [3.8, 4) is 0 Å². The molecule has 2 atom stereocenters. The molecule has 1 aliphatic heterocycles. The molecule has 2 rings (SSSR count). The molecule has 0 radical (unpaired) electrons. The Kier molecular flexibility index (Phi) is 4.83. The predicted octanol–water partition coefficient (Wildman–Crippen LogP) is 2.23. The molecule has 0 bridgehead atoms. The minimum Gasteiger partial charge on any atom is -0.389 e. The number of ether oxygens (including phenoxy) is 1. The molecular weight excluding hydrogens is 214 g/mol. The first-order chi connectivity index (χ1) is 8.22. The molecule has 2 unspecified atom stereocenters. The lowest BCUT2D eigenvalue weighted by atomic mass is 9.84. The van der Waals surface area contributed by atoms with Crippen LogP contribution in [-0.2, 0) is 4.74 Å². The van der Waals surface area contributed by atoms with Gasteiger partial charge in [-0.05, 0) is 32.1 Å². The average Bonchev–Trinajstić information content (AvgIpc) is 2.38. The van der Waals surface area contributed by atoms with Crippen LogP contribution in [0.3, 0.4) is 0 Å². The highest BCUT2D eigenvalue weighted by Crippen LogP contribution is 2.28. The molecule has 2 aliphatic rings. The maximum Gasteiger partial charge on any atom is 0.0771 e. The van der Waals surface area contributed by atoms with E-state index in [1.54, 1.807) is 0 Å². The molecule has 1 saturated heterocycles. The van der Waals surface area contributed by atoms with Gasteiger partial charge in [-0.1, -0.05) is 26.2 Å². The third-order valence-electron chi connectivity index (χ3n) is 4.33. The van der Waals surface area contributed by atoms with Crippen LogP contribution in [0.1, 0.15) is 58.3 Å². The van der Waals surface area contributed by atoms with Crippen molar-refractivity contribution in [3.05, 3.63) is 0 Å². The van der Waals surface area contributed by atoms with Gasteiger partial charge in [-0.15, -0.1) is 0 Å². The van der Waals surface area contributed by atoms with Gasteiger partial charge in [0.05, 0.1) is 11.7 Å².